The van der Waals surface area contributed by atoms with Crippen LogP contribution in [-0.4, -0.2) is 37.4 Å². The number of allylic oxidation sites excluding steroid dienone is 1. The number of carbonyl (C=O) groups excluding carboxylic acids is 1. The molecular formula is C25H26ClFN6O4. The molecule has 12 heteroatoms. The van der Waals surface area contributed by atoms with Crippen molar-refractivity contribution in [3.63, 3.8) is 0 Å². The number of amidine groups is 1. The summed E-state index contributed by atoms with van der Waals surface area (Å²) >= 11 is 6.09. The van der Waals surface area contributed by atoms with Crippen molar-refractivity contribution >= 4 is 52.1 Å². The fourth-order valence-corrected chi connectivity index (χ4v) is 3.99. The van der Waals surface area contributed by atoms with Gasteiger partial charge in [0.25, 0.3) is 0 Å². The Morgan fingerprint density at radius 1 is 1.32 bits per heavy atom. The molecule has 3 rings (SSSR count). The minimum atomic E-state index is -1.24. The van der Waals surface area contributed by atoms with E-state index >= 15 is 0 Å². The van der Waals surface area contributed by atoms with Gasteiger partial charge in [0.2, 0.25) is 5.97 Å². The van der Waals surface area contributed by atoms with Crippen LogP contribution in [0.25, 0.3) is 16.5 Å². The number of aliphatic imine (C=N–C) groups is 1. The zero-order valence-electron chi connectivity index (χ0n) is 20.8. The van der Waals surface area contributed by atoms with Gasteiger partial charge in [-0.05, 0) is 44.5 Å². The maximum Gasteiger partial charge on any atom is 0.320 e. The maximum absolute atomic E-state index is 14.1. The second kappa shape index (κ2) is 11.7. The lowest BCUT2D eigenvalue weighted by Gasteiger charge is -2.21. The number of nitrogens with zero attached hydrogens (tertiary/aromatic N) is 2. The number of fused-ring (bicyclic) bond motifs is 1. The standard InChI is InChI=1S/C25H26ClFN6O4/c1-12-8-15(14(3)31-18-6-7-19(26)32-20(18)25(30-5)33-36-11-34)23-16(9-12)21(35)13(2)22(37-23)17(10-29-4)24(27)28/h6-11,14,28-29,31H,1-5H3,(H,30,33)/b17-10-,28-24?. The predicted molar refractivity (Wildman–Crippen MR) is 142 cm³/mol. The molecule has 194 valence electrons. The molecule has 37 heavy (non-hydrogen) atoms. The zero-order valence-corrected chi connectivity index (χ0v) is 21.6. The molecule has 0 aliphatic rings. The van der Waals surface area contributed by atoms with Gasteiger partial charge in [0.05, 0.1) is 22.7 Å². The fourth-order valence-electron chi connectivity index (χ4n) is 3.84. The summed E-state index contributed by atoms with van der Waals surface area (Å²) < 4.78 is 20.2. The molecular weight excluding hydrogens is 503 g/mol. The third-order valence-corrected chi connectivity index (χ3v) is 5.72. The van der Waals surface area contributed by atoms with Crippen LogP contribution in [0, 0.1) is 19.3 Å². The Kier molecular flexibility index (Phi) is 8.61. The number of benzene rings is 1. The normalized spacial score (nSPS) is 12.7. The molecule has 0 aliphatic carbocycles. The highest BCUT2D eigenvalue weighted by molar-refractivity contribution is 6.29. The first-order valence-corrected chi connectivity index (χ1v) is 11.5. The molecule has 1 aromatic carbocycles. The van der Waals surface area contributed by atoms with Gasteiger partial charge in [0.1, 0.15) is 22.2 Å². The van der Waals surface area contributed by atoms with Gasteiger partial charge in [-0.3, -0.25) is 20.0 Å². The summed E-state index contributed by atoms with van der Waals surface area (Å²) in [5.74, 6) is -1.14. The molecule has 0 saturated heterocycles. The van der Waals surface area contributed by atoms with Crippen LogP contribution in [-0.2, 0) is 9.63 Å². The van der Waals surface area contributed by atoms with Crippen LogP contribution in [0.5, 0.6) is 0 Å². The van der Waals surface area contributed by atoms with Gasteiger partial charge in [-0.1, -0.05) is 17.7 Å². The zero-order chi connectivity index (χ0) is 27.3. The Morgan fingerprint density at radius 3 is 2.68 bits per heavy atom. The molecule has 1 unspecified atom stereocenters. The first-order chi connectivity index (χ1) is 17.6. The quantitative estimate of drug-likeness (QED) is 0.106. The second-order valence-electron chi connectivity index (χ2n) is 8.06. The van der Waals surface area contributed by atoms with Crippen molar-refractivity contribution in [2.45, 2.75) is 26.8 Å². The molecule has 0 amide bonds. The monoisotopic (exact) mass is 528 g/mol. The fraction of sp³-hybridized carbons (Fsp3) is 0.240. The second-order valence-corrected chi connectivity index (χ2v) is 8.45. The van der Waals surface area contributed by atoms with Crippen molar-refractivity contribution in [2.24, 2.45) is 4.99 Å². The van der Waals surface area contributed by atoms with Gasteiger partial charge in [-0.2, -0.15) is 9.87 Å². The first-order valence-electron chi connectivity index (χ1n) is 11.1. The SMILES string of the molecule is CN=C(NOC=O)c1nc(Cl)ccc1NC(C)c1cc(C)cc2c(=O)c(C)c(/C(=C/NC)C(=N)F)oc12. The third-order valence-electron chi connectivity index (χ3n) is 5.51. The third kappa shape index (κ3) is 5.78. The Balaban J connectivity index is 2.19. The van der Waals surface area contributed by atoms with E-state index in [4.69, 9.17) is 21.4 Å². The van der Waals surface area contributed by atoms with Crippen molar-refractivity contribution in [1.29, 1.82) is 5.41 Å². The molecule has 0 saturated carbocycles. The average molecular weight is 529 g/mol. The Hall–Kier alpha value is -4.25. The highest BCUT2D eigenvalue weighted by Gasteiger charge is 2.23. The number of aromatic nitrogens is 1. The summed E-state index contributed by atoms with van der Waals surface area (Å²) in [6.45, 7) is 5.42. The Morgan fingerprint density at radius 2 is 2.05 bits per heavy atom. The number of aryl methyl sites for hydroxylation is 1. The molecule has 4 N–H and O–H groups in total. The van der Waals surface area contributed by atoms with E-state index in [1.165, 1.54) is 20.2 Å². The topological polar surface area (TPSA) is 142 Å². The van der Waals surface area contributed by atoms with E-state index in [-0.39, 0.29) is 51.1 Å². The highest BCUT2D eigenvalue weighted by atomic mass is 35.5. The highest BCUT2D eigenvalue weighted by Crippen LogP contribution is 2.32. The van der Waals surface area contributed by atoms with Crippen molar-refractivity contribution in [3.05, 3.63) is 74.0 Å². The molecule has 0 spiro atoms. The van der Waals surface area contributed by atoms with E-state index in [9.17, 15) is 14.0 Å². The van der Waals surface area contributed by atoms with Crippen molar-refractivity contribution in [1.82, 2.24) is 15.8 Å². The number of pyridine rings is 1. The molecule has 0 aliphatic heterocycles. The maximum atomic E-state index is 14.1. The number of carbonyl (C=O) groups is 1. The largest absolute Gasteiger partial charge is 0.455 e. The molecule has 0 fully saturated rings. The lowest BCUT2D eigenvalue weighted by Crippen LogP contribution is -2.27. The van der Waals surface area contributed by atoms with E-state index in [1.807, 2.05) is 19.9 Å². The van der Waals surface area contributed by atoms with Gasteiger partial charge >= 0.3 is 6.47 Å². The van der Waals surface area contributed by atoms with E-state index in [0.29, 0.717) is 16.6 Å². The Bertz CT molecular complexity index is 1480. The van der Waals surface area contributed by atoms with Gasteiger partial charge in [-0.25, -0.2) is 4.98 Å². The van der Waals surface area contributed by atoms with E-state index in [2.05, 4.69) is 30.9 Å². The van der Waals surface area contributed by atoms with Crippen LogP contribution in [0.3, 0.4) is 0 Å². The van der Waals surface area contributed by atoms with Crippen LogP contribution in [0.4, 0.5) is 10.1 Å². The van der Waals surface area contributed by atoms with Crippen LogP contribution in [0.15, 0.2) is 44.7 Å². The van der Waals surface area contributed by atoms with Crippen LogP contribution in [0.2, 0.25) is 5.15 Å². The van der Waals surface area contributed by atoms with Gasteiger partial charge in [-0.15, -0.1) is 0 Å². The summed E-state index contributed by atoms with van der Waals surface area (Å²) in [4.78, 5) is 36.9. The van der Waals surface area contributed by atoms with E-state index < -0.39 is 12.0 Å². The number of hydrogen-bond acceptors (Lipinski definition) is 9. The van der Waals surface area contributed by atoms with E-state index in [0.717, 1.165) is 5.56 Å². The van der Waals surface area contributed by atoms with Gasteiger partial charge < -0.3 is 19.9 Å². The number of hydrogen-bond donors (Lipinski definition) is 4. The summed E-state index contributed by atoms with van der Waals surface area (Å²) in [6, 6.07) is 6.33. The number of nitrogens with one attached hydrogen (secondary N) is 4. The van der Waals surface area contributed by atoms with Crippen LogP contribution >= 0.6 is 11.6 Å². The minimum absolute atomic E-state index is 0.0406. The molecule has 0 radical (unpaired) electrons. The van der Waals surface area contributed by atoms with Crippen LogP contribution in [0.1, 0.15) is 41.1 Å². The Labute approximate surface area is 217 Å². The lowest BCUT2D eigenvalue weighted by molar-refractivity contribution is -0.132. The van der Waals surface area contributed by atoms with Gasteiger partial charge in [0.15, 0.2) is 11.3 Å². The summed E-state index contributed by atoms with van der Waals surface area (Å²) in [6.07, 6.45) is 1.26. The van der Waals surface area contributed by atoms with E-state index in [1.54, 1.807) is 25.2 Å². The molecule has 10 nitrogen and oxygen atoms in total. The van der Waals surface area contributed by atoms with Gasteiger partial charge in [0, 0.05) is 31.4 Å². The summed E-state index contributed by atoms with van der Waals surface area (Å²) in [5.41, 5.74) is 4.51. The smallest absolute Gasteiger partial charge is 0.320 e. The summed E-state index contributed by atoms with van der Waals surface area (Å²) in [5, 5.41) is 14.0. The number of halogens is 2. The van der Waals surface area contributed by atoms with Crippen molar-refractivity contribution in [3.8, 4) is 0 Å². The average Bonchev–Trinajstić information content (AvgIpc) is 2.86. The first kappa shape index (κ1) is 27.3. The number of rotatable bonds is 9. The molecule has 3 aromatic rings. The summed E-state index contributed by atoms with van der Waals surface area (Å²) in [7, 11) is 3.04. The molecule has 1 atom stereocenters. The number of hydroxylamine groups is 1. The van der Waals surface area contributed by atoms with Crippen LogP contribution < -0.4 is 21.5 Å². The lowest BCUT2D eigenvalue weighted by atomic mass is 9.99. The molecule has 2 aromatic heterocycles. The number of anilines is 1. The van der Waals surface area contributed by atoms with Crippen molar-refractivity contribution in [2.75, 3.05) is 19.4 Å². The minimum Gasteiger partial charge on any atom is -0.455 e. The molecule has 2 heterocycles. The predicted octanol–water partition coefficient (Wildman–Crippen LogP) is 4.19. The van der Waals surface area contributed by atoms with Crippen molar-refractivity contribution < 1.29 is 18.4 Å². The molecule has 0 bridgehead atoms.